The third-order valence-electron chi connectivity index (χ3n) is 6.73. The fourth-order valence-corrected chi connectivity index (χ4v) is 4.84. The molecule has 0 aromatic heterocycles. The van der Waals surface area contributed by atoms with Gasteiger partial charge < -0.3 is 24.2 Å². The summed E-state index contributed by atoms with van der Waals surface area (Å²) in [7, 11) is 0. The van der Waals surface area contributed by atoms with Crippen LogP contribution in [0.1, 0.15) is 29.2 Å². The maximum Gasteiger partial charge on any atom is 0.295 e. The minimum absolute atomic E-state index is 0.0990. The zero-order valence-electron chi connectivity index (χ0n) is 19.9. The molecule has 8 nitrogen and oxygen atoms in total. The SMILES string of the molecule is Cc1ccc(C2C(=C(O)c3ccc4c(c3)OCCO4)C(=O)C(=O)N2CCCN2CCOCC2)cc1. The monoisotopic (exact) mass is 478 g/mol. The Morgan fingerprint density at radius 3 is 2.40 bits per heavy atom. The molecule has 1 atom stereocenters. The van der Waals surface area contributed by atoms with Crippen LogP contribution in [0.25, 0.3) is 5.76 Å². The van der Waals surface area contributed by atoms with Crippen molar-refractivity contribution in [2.24, 2.45) is 0 Å². The van der Waals surface area contributed by atoms with Gasteiger partial charge in [-0.05, 0) is 37.1 Å². The number of rotatable bonds is 6. The van der Waals surface area contributed by atoms with Crippen LogP contribution in [0.15, 0.2) is 48.0 Å². The van der Waals surface area contributed by atoms with E-state index in [-0.39, 0.29) is 11.3 Å². The summed E-state index contributed by atoms with van der Waals surface area (Å²) in [5.41, 5.74) is 2.38. The Bertz CT molecular complexity index is 1140. The molecule has 8 heteroatoms. The van der Waals surface area contributed by atoms with Crippen molar-refractivity contribution in [3.8, 4) is 11.5 Å². The van der Waals surface area contributed by atoms with Gasteiger partial charge in [-0.2, -0.15) is 0 Å². The van der Waals surface area contributed by atoms with E-state index < -0.39 is 17.7 Å². The maximum atomic E-state index is 13.2. The fraction of sp³-hybridized carbons (Fsp3) is 0.407. The third kappa shape index (κ3) is 4.76. The number of amides is 1. The lowest BCUT2D eigenvalue weighted by Gasteiger charge is -2.29. The van der Waals surface area contributed by atoms with E-state index in [0.29, 0.717) is 50.0 Å². The average molecular weight is 479 g/mol. The number of hydrogen-bond donors (Lipinski definition) is 1. The first-order chi connectivity index (χ1) is 17.0. The van der Waals surface area contributed by atoms with E-state index in [9.17, 15) is 14.7 Å². The molecule has 5 rings (SSSR count). The Kier molecular flexibility index (Phi) is 6.74. The molecule has 3 heterocycles. The Labute approximate surface area is 204 Å². The molecule has 1 amide bonds. The second-order valence-electron chi connectivity index (χ2n) is 9.07. The molecule has 0 radical (unpaired) electrons. The van der Waals surface area contributed by atoms with E-state index in [2.05, 4.69) is 4.90 Å². The number of carbonyl (C=O) groups is 2. The molecule has 0 spiro atoms. The molecule has 2 aromatic carbocycles. The number of benzene rings is 2. The van der Waals surface area contributed by atoms with E-state index in [1.165, 1.54) is 0 Å². The van der Waals surface area contributed by atoms with E-state index >= 15 is 0 Å². The molecule has 3 aliphatic heterocycles. The van der Waals surface area contributed by atoms with Crippen molar-refractivity contribution in [2.45, 2.75) is 19.4 Å². The number of ketones is 1. The highest BCUT2D eigenvalue weighted by Crippen LogP contribution is 2.41. The van der Waals surface area contributed by atoms with E-state index in [0.717, 1.165) is 37.2 Å². The number of likely N-dealkylation sites (tertiary alicyclic amines) is 1. The lowest BCUT2D eigenvalue weighted by atomic mass is 9.94. The Morgan fingerprint density at radius 1 is 0.943 bits per heavy atom. The van der Waals surface area contributed by atoms with Gasteiger partial charge in [0.05, 0.1) is 24.8 Å². The summed E-state index contributed by atoms with van der Waals surface area (Å²) in [6, 6.07) is 12.1. The number of ether oxygens (including phenoxy) is 3. The number of Topliss-reactive ketones (excluding diaryl/α,β-unsaturated/α-hetero) is 1. The first kappa shape index (κ1) is 23.4. The van der Waals surface area contributed by atoms with Crippen molar-refractivity contribution in [3.63, 3.8) is 0 Å². The van der Waals surface area contributed by atoms with Crippen LogP contribution in [0, 0.1) is 6.92 Å². The van der Waals surface area contributed by atoms with Crippen molar-refractivity contribution in [1.82, 2.24) is 9.80 Å². The molecular weight excluding hydrogens is 448 g/mol. The number of hydrogen-bond acceptors (Lipinski definition) is 7. The maximum absolute atomic E-state index is 13.2. The first-order valence-electron chi connectivity index (χ1n) is 12.1. The third-order valence-corrected chi connectivity index (χ3v) is 6.73. The van der Waals surface area contributed by atoms with Gasteiger partial charge in [-0.3, -0.25) is 14.5 Å². The molecule has 3 aliphatic rings. The summed E-state index contributed by atoms with van der Waals surface area (Å²) in [4.78, 5) is 30.3. The van der Waals surface area contributed by atoms with Gasteiger partial charge in [-0.25, -0.2) is 0 Å². The van der Waals surface area contributed by atoms with E-state index in [1.54, 1.807) is 23.1 Å². The van der Waals surface area contributed by atoms with Crippen LogP contribution in [0.3, 0.4) is 0 Å². The van der Waals surface area contributed by atoms with E-state index in [1.807, 2.05) is 31.2 Å². The average Bonchev–Trinajstić information content (AvgIpc) is 3.14. The molecule has 2 fully saturated rings. The van der Waals surface area contributed by atoms with Crippen LogP contribution >= 0.6 is 0 Å². The number of aliphatic hydroxyl groups is 1. The Morgan fingerprint density at radius 2 is 1.66 bits per heavy atom. The number of aryl methyl sites for hydroxylation is 1. The molecule has 184 valence electrons. The molecule has 2 saturated heterocycles. The van der Waals surface area contributed by atoms with Gasteiger partial charge in [-0.1, -0.05) is 29.8 Å². The Hall–Kier alpha value is -3.36. The minimum Gasteiger partial charge on any atom is -0.507 e. The molecular formula is C27H30N2O6. The fourth-order valence-electron chi connectivity index (χ4n) is 4.84. The number of morpholine rings is 1. The summed E-state index contributed by atoms with van der Waals surface area (Å²) in [6.07, 6.45) is 0.722. The quantitative estimate of drug-likeness (QED) is 0.388. The smallest absolute Gasteiger partial charge is 0.295 e. The zero-order valence-corrected chi connectivity index (χ0v) is 19.9. The molecule has 0 aliphatic carbocycles. The van der Waals surface area contributed by atoms with Gasteiger partial charge in [0.1, 0.15) is 19.0 Å². The Balaban J connectivity index is 1.48. The van der Waals surface area contributed by atoms with Crippen molar-refractivity contribution < 1.29 is 28.9 Å². The molecule has 0 bridgehead atoms. The molecule has 2 aromatic rings. The number of carbonyl (C=O) groups excluding carboxylic acids is 2. The molecule has 1 unspecified atom stereocenters. The van der Waals surface area contributed by atoms with Gasteiger partial charge in [0.15, 0.2) is 11.5 Å². The molecule has 0 saturated carbocycles. The summed E-state index contributed by atoms with van der Waals surface area (Å²) >= 11 is 0. The number of aliphatic hydroxyl groups excluding tert-OH is 1. The van der Waals surface area contributed by atoms with Crippen LogP contribution in [-0.4, -0.2) is 79.2 Å². The second-order valence-corrected chi connectivity index (χ2v) is 9.07. The van der Waals surface area contributed by atoms with Gasteiger partial charge in [0.25, 0.3) is 11.7 Å². The molecule has 1 N–H and O–H groups in total. The first-order valence-corrected chi connectivity index (χ1v) is 12.1. The summed E-state index contributed by atoms with van der Waals surface area (Å²) in [6.45, 7) is 7.24. The number of fused-ring (bicyclic) bond motifs is 1. The minimum atomic E-state index is -0.672. The normalized spacial score (nSPS) is 22.0. The second kappa shape index (κ2) is 10.1. The van der Waals surface area contributed by atoms with Crippen LogP contribution in [-0.2, 0) is 14.3 Å². The van der Waals surface area contributed by atoms with Gasteiger partial charge in [-0.15, -0.1) is 0 Å². The highest BCUT2D eigenvalue weighted by Gasteiger charge is 2.45. The van der Waals surface area contributed by atoms with Crippen LogP contribution < -0.4 is 9.47 Å². The van der Waals surface area contributed by atoms with Crippen LogP contribution in [0.4, 0.5) is 0 Å². The van der Waals surface area contributed by atoms with Crippen molar-refractivity contribution in [1.29, 1.82) is 0 Å². The topological polar surface area (TPSA) is 88.5 Å². The predicted octanol–water partition coefficient (Wildman–Crippen LogP) is 2.91. The van der Waals surface area contributed by atoms with Crippen molar-refractivity contribution in [2.75, 3.05) is 52.6 Å². The van der Waals surface area contributed by atoms with Crippen molar-refractivity contribution >= 4 is 17.4 Å². The van der Waals surface area contributed by atoms with Gasteiger partial charge in [0.2, 0.25) is 0 Å². The predicted molar refractivity (Wildman–Crippen MR) is 129 cm³/mol. The summed E-state index contributed by atoms with van der Waals surface area (Å²) < 4.78 is 16.6. The lowest BCUT2D eigenvalue weighted by Crippen LogP contribution is -2.38. The summed E-state index contributed by atoms with van der Waals surface area (Å²) in [5, 5.41) is 11.3. The largest absolute Gasteiger partial charge is 0.507 e. The van der Waals surface area contributed by atoms with Crippen LogP contribution in [0.2, 0.25) is 0 Å². The van der Waals surface area contributed by atoms with Gasteiger partial charge >= 0.3 is 0 Å². The zero-order chi connectivity index (χ0) is 24.4. The number of nitrogens with zero attached hydrogens (tertiary/aromatic N) is 2. The molecule has 35 heavy (non-hydrogen) atoms. The standard InChI is InChI=1S/C27H30N2O6/c1-18-3-5-19(6-4-18)24-23(25(30)20-7-8-21-22(17-20)35-16-15-34-21)26(31)27(32)29(24)10-2-9-28-11-13-33-14-12-28/h3-8,17,24,30H,2,9-16H2,1H3. The summed E-state index contributed by atoms with van der Waals surface area (Å²) in [5.74, 6) is -0.370. The van der Waals surface area contributed by atoms with Crippen LogP contribution in [0.5, 0.6) is 11.5 Å². The van der Waals surface area contributed by atoms with Gasteiger partial charge in [0, 0.05) is 31.7 Å². The lowest BCUT2D eigenvalue weighted by molar-refractivity contribution is -0.140. The van der Waals surface area contributed by atoms with E-state index in [4.69, 9.17) is 14.2 Å². The highest BCUT2D eigenvalue weighted by molar-refractivity contribution is 6.46. The van der Waals surface area contributed by atoms with Crippen molar-refractivity contribution in [3.05, 3.63) is 64.7 Å². The highest BCUT2D eigenvalue weighted by atomic mass is 16.6.